The molecule has 222 valence electrons. The molecule has 0 bridgehead atoms. The normalized spacial score (nSPS) is 18.7. The van der Waals surface area contributed by atoms with Gasteiger partial charge >= 0.3 is 24.3 Å². The van der Waals surface area contributed by atoms with E-state index in [-0.39, 0.29) is 6.10 Å². The predicted molar refractivity (Wildman–Crippen MR) is 127 cm³/mol. The van der Waals surface area contributed by atoms with Crippen LogP contribution < -0.4 is 0 Å². The maximum atomic E-state index is 10.6. The average molecular weight is 582 g/mol. The Labute approximate surface area is 225 Å². The first kappa shape index (κ1) is 32.9. The number of aliphatic carboxylic acids is 2. The third kappa shape index (κ3) is 11.8. The molecule has 2 saturated heterocycles. The lowest BCUT2D eigenvalue weighted by Gasteiger charge is -2.38. The summed E-state index contributed by atoms with van der Waals surface area (Å²) in [5.74, 6) is -5.51. The zero-order valence-electron chi connectivity index (χ0n) is 21.2. The molecule has 0 aromatic carbocycles. The number of carboxylic acid groups (broad SMARTS) is 2. The van der Waals surface area contributed by atoms with E-state index >= 15 is 0 Å². The van der Waals surface area contributed by atoms with Gasteiger partial charge in [0.25, 0.3) is 0 Å². The van der Waals surface area contributed by atoms with E-state index in [9.17, 15) is 26.3 Å². The van der Waals surface area contributed by atoms with E-state index in [0.717, 1.165) is 38.4 Å². The summed E-state index contributed by atoms with van der Waals surface area (Å²) < 4.78 is 75.4. The van der Waals surface area contributed by atoms with Gasteiger partial charge in [0.1, 0.15) is 0 Å². The number of rotatable bonds is 6. The number of aromatic nitrogens is 2. The fourth-order valence-electron chi connectivity index (χ4n) is 4.06. The van der Waals surface area contributed by atoms with Gasteiger partial charge in [0.2, 0.25) is 0 Å². The SMILES string of the molecule is O=C(O)C(F)(F)F.O=C(O)C(F)(F)F.c1ccc(COCC2CC3(CCN(Cc4cccnc4)CC3)CO2)nc1. The summed E-state index contributed by atoms with van der Waals surface area (Å²) in [4.78, 5) is 28.8. The van der Waals surface area contributed by atoms with Gasteiger partial charge in [-0.25, -0.2) is 9.59 Å². The second-order valence-corrected chi connectivity index (χ2v) is 9.22. The summed E-state index contributed by atoms with van der Waals surface area (Å²) >= 11 is 0. The van der Waals surface area contributed by atoms with Gasteiger partial charge in [-0.05, 0) is 61.5 Å². The molecule has 2 aliphatic rings. The number of likely N-dealkylation sites (tertiary alicyclic amines) is 1. The fourth-order valence-corrected chi connectivity index (χ4v) is 4.06. The van der Waals surface area contributed by atoms with Crippen LogP contribution in [0.25, 0.3) is 0 Å². The molecule has 1 atom stereocenters. The predicted octanol–water partition coefficient (Wildman–Crippen LogP) is 4.33. The highest BCUT2D eigenvalue weighted by molar-refractivity contribution is 5.73. The number of alkyl halides is 6. The number of piperidine rings is 1. The Morgan fingerprint density at radius 1 is 1.00 bits per heavy atom. The van der Waals surface area contributed by atoms with Crippen LogP contribution in [0.3, 0.4) is 0 Å². The highest BCUT2D eigenvalue weighted by Gasteiger charge is 2.42. The van der Waals surface area contributed by atoms with Crippen LogP contribution in [0.2, 0.25) is 0 Å². The highest BCUT2D eigenvalue weighted by atomic mass is 19.4. The molecule has 0 saturated carbocycles. The van der Waals surface area contributed by atoms with E-state index in [1.807, 2.05) is 36.7 Å². The topological polar surface area (TPSA) is 122 Å². The second kappa shape index (κ2) is 14.9. The van der Waals surface area contributed by atoms with Crippen LogP contribution in [0.4, 0.5) is 26.3 Å². The minimum atomic E-state index is -5.08. The number of pyridine rings is 2. The Kier molecular flexibility index (Phi) is 12.3. The summed E-state index contributed by atoms with van der Waals surface area (Å²) in [5.41, 5.74) is 2.63. The molecule has 4 rings (SSSR count). The van der Waals surface area contributed by atoms with Crippen molar-refractivity contribution in [2.45, 2.75) is 50.9 Å². The van der Waals surface area contributed by atoms with Crippen LogP contribution in [-0.2, 0) is 32.2 Å². The van der Waals surface area contributed by atoms with Crippen molar-refractivity contribution in [1.82, 2.24) is 14.9 Å². The largest absolute Gasteiger partial charge is 0.490 e. The molecule has 2 fully saturated rings. The first-order valence-corrected chi connectivity index (χ1v) is 12.0. The number of carbonyl (C=O) groups is 2. The Morgan fingerprint density at radius 3 is 2.12 bits per heavy atom. The van der Waals surface area contributed by atoms with Crippen LogP contribution in [-0.4, -0.2) is 81.8 Å². The van der Waals surface area contributed by atoms with E-state index in [4.69, 9.17) is 29.3 Å². The summed E-state index contributed by atoms with van der Waals surface area (Å²) in [6.45, 7) is 5.39. The van der Waals surface area contributed by atoms with Crippen molar-refractivity contribution < 1.29 is 55.6 Å². The van der Waals surface area contributed by atoms with Gasteiger partial charge in [-0.1, -0.05) is 12.1 Å². The van der Waals surface area contributed by atoms with Gasteiger partial charge in [-0.3, -0.25) is 14.9 Å². The van der Waals surface area contributed by atoms with E-state index < -0.39 is 24.3 Å². The zero-order chi connectivity index (χ0) is 29.8. The van der Waals surface area contributed by atoms with Gasteiger partial charge in [-0.2, -0.15) is 26.3 Å². The third-order valence-corrected chi connectivity index (χ3v) is 6.10. The second-order valence-electron chi connectivity index (χ2n) is 9.22. The van der Waals surface area contributed by atoms with E-state index in [1.54, 1.807) is 6.20 Å². The minimum absolute atomic E-state index is 0.226. The smallest absolute Gasteiger partial charge is 0.475 e. The van der Waals surface area contributed by atoms with Crippen molar-refractivity contribution in [2.75, 3.05) is 26.3 Å². The number of nitrogens with zero attached hydrogens (tertiary/aromatic N) is 3. The van der Waals surface area contributed by atoms with Crippen molar-refractivity contribution >= 4 is 11.9 Å². The van der Waals surface area contributed by atoms with Crippen LogP contribution in [0, 0.1) is 5.41 Å². The van der Waals surface area contributed by atoms with E-state index in [0.29, 0.717) is 18.6 Å². The lowest BCUT2D eigenvalue weighted by molar-refractivity contribution is -0.193. The number of carboxylic acids is 2. The molecule has 1 spiro atoms. The summed E-state index contributed by atoms with van der Waals surface area (Å²) in [6, 6.07) is 10.1. The van der Waals surface area contributed by atoms with Gasteiger partial charge in [-0.15, -0.1) is 0 Å². The molecule has 2 aliphatic heterocycles. The molecule has 2 aromatic heterocycles. The van der Waals surface area contributed by atoms with Crippen LogP contribution in [0.5, 0.6) is 0 Å². The molecule has 40 heavy (non-hydrogen) atoms. The number of ether oxygens (including phenoxy) is 2. The van der Waals surface area contributed by atoms with Crippen molar-refractivity contribution in [3.05, 3.63) is 60.2 Å². The number of halogens is 6. The molecular weight excluding hydrogens is 552 g/mol. The monoisotopic (exact) mass is 581 g/mol. The standard InChI is InChI=1S/C21H27N3O2.2C2HF3O2/c1-2-9-23-19(5-1)15-25-16-20-12-21(17-26-20)6-10-24(11-7-21)14-18-4-3-8-22-13-18;2*3-2(4,5)1(6)7/h1-5,8-9,13,20H,6-7,10-12,14-17H2;2*(H,6,7). The number of hydrogen-bond donors (Lipinski definition) is 2. The van der Waals surface area contributed by atoms with Crippen molar-refractivity contribution in [2.24, 2.45) is 5.41 Å². The average Bonchev–Trinajstić information content (AvgIpc) is 3.29. The fraction of sp³-hybridized carbons (Fsp3) is 0.520. The molecule has 0 radical (unpaired) electrons. The Morgan fingerprint density at radius 2 is 1.62 bits per heavy atom. The molecule has 4 heterocycles. The van der Waals surface area contributed by atoms with Gasteiger partial charge < -0.3 is 19.7 Å². The van der Waals surface area contributed by atoms with Crippen molar-refractivity contribution in [3.63, 3.8) is 0 Å². The summed E-state index contributed by atoms with van der Waals surface area (Å²) in [7, 11) is 0. The van der Waals surface area contributed by atoms with Crippen molar-refractivity contribution in [3.8, 4) is 0 Å². The van der Waals surface area contributed by atoms with Crippen LogP contribution in [0.1, 0.15) is 30.5 Å². The van der Waals surface area contributed by atoms with Gasteiger partial charge in [0, 0.05) is 25.1 Å². The Balaban J connectivity index is 0.000000333. The molecule has 15 heteroatoms. The zero-order valence-corrected chi connectivity index (χ0v) is 21.2. The van der Waals surface area contributed by atoms with E-state index in [2.05, 4.69) is 20.9 Å². The first-order valence-electron chi connectivity index (χ1n) is 12.0. The van der Waals surface area contributed by atoms with Gasteiger partial charge in [0.05, 0.1) is 31.6 Å². The summed E-state index contributed by atoms with van der Waals surface area (Å²) in [5, 5.41) is 14.2. The maximum absolute atomic E-state index is 10.6. The van der Waals surface area contributed by atoms with Crippen molar-refractivity contribution in [1.29, 1.82) is 0 Å². The number of hydrogen-bond acceptors (Lipinski definition) is 7. The molecule has 2 N–H and O–H groups in total. The summed E-state index contributed by atoms with van der Waals surface area (Å²) in [6.07, 6.45) is -0.787. The molecule has 9 nitrogen and oxygen atoms in total. The van der Waals surface area contributed by atoms with Gasteiger partial charge in [0.15, 0.2) is 0 Å². The molecule has 0 aliphatic carbocycles. The Bertz CT molecular complexity index is 1020. The van der Waals surface area contributed by atoms with Crippen LogP contribution >= 0.6 is 0 Å². The highest BCUT2D eigenvalue weighted by Crippen LogP contribution is 2.42. The maximum Gasteiger partial charge on any atom is 0.490 e. The van der Waals surface area contributed by atoms with E-state index in [1.165, 1.54) is 18.4 Å². The Hall–Kier alpha value is -3.30. The third-order valence-electron chi connectivity index (χ3n) is 6.10. The first-order chi connectivity index (χ1) is 18.7. The molecule has 1 unspecified atom stereocenters. The molecular formula is C25H29F6N3O6. The molecule has 0 amide bonds. The lowest BCUT2D eigenvalue weighted by atomic mass is 9.76. The lowest BCUT2D eigenvalue weighted by Crippen LogP contribution is -2.40. The van der Waals surface area contributed by atoms with Crippen LogP contribution in [0.15, 0.2) is 48.9 Å². The quantitative estimate of drug-likeness (QED) is 0.480. The molecule has 2 aromatic rings. The minimum Gasteiger partial charge on any atom is -0.475 e.